The van der Waals surface area contributed by atoms with Gasteiger partial charge in [-0.05, 0) is 37.3 Å². The minimum absolute atomic E-state index is 0.556. The molecule has 5 heteroatoms. The van der Waals surface area contributed by atoms with Crippen LogP contribution in [0.5, 0.6) is 0 Å². The van der Waals surface area contributed by atoms with E-state index in [2.05, 4.69) is 19.8 Å². The molecule has 2 fully saturated rings. The molecule has 0 radical (unpaired) electrons. The van der Waals surface area contributed by atoms with Crippen LogP contribution in [0.3, 0.4) is 0 Å². The highest BCUT2D eigenvalue weighted by atomic mass is 15.3. The summed E-state index contributed by atoms with van der Waals surface area (Å²) in [7, 11) is 0. The van der Waals surface area contributed by atoms with E-state index in [0.717, 1.165) is 38.7 Å². The quantitative estimate of drug-likeness (QED) is 0.846. The van der Waals surface area contributed by atoms with Crippen LogP contribution >= 0.6 is 0 Å². The fourth-order valence-electron chi connectivity index (χ4n) is 3.00. The van der Waals surface area contributed by atoms with E-state index in [1.54, 1.807) is 0 Å². The second-order valence-electron chi connectivity index (χ2n) is 5.85. The van der Waals surface area contributed by atoms with Crippen LogP contribution in [0.4, 0.5) is 5.95 Å². The molecular formula is C14H23N5. The van der Waals surface area contributed by atoms with Crippen molar-refractivity contribution < 1.29 is 0 Å². The summed E-state index contributed by atoms with van der Waals surface area (Å²) < 4.78 is 0. The zero-order valence-corrected chi connectivity index (χ0v) is 11.5. The van der Waals surface area contributed by atoms with Gasteiger partial charge in [-0.3, -0.25) is 4.90 Å². The van der Waals surface area contributed by atoms with Crippen molar-refractivity contribution in [2.24, 2.45) is 11.1 Å². The molecule has 19 heavy (non-hydrogen) atoms. The van der Waals surface area contributed by atoms with Gasteiger partial charge in [-0.2, -0.15) is 0 Å². The van der Waals surface area contributed by atoms with Crippen LogP contribution in [-0.4, -0.2) is 54.1 Å². The molecule has 1 saturated carbocycles. The van der Waals surface area contributed by atoms with E-state index >= 15 is 0 Å². The predicted molar refractivity (Wildman–Crippen MR) is 76.0 cm³/mol. The van der Waals surface area contributed by atoms with E-state index in [1.807, 2.05) is 18.5 Å². The summed E-state index contributed by atoms with van der Waals surface area (Å²) >= 11 is 0. The lowest BCUT2D eigenvalue weighted by Crippen LogP contribution is -2.48. The first-order valence-electron chi connectivity index (χ1n) is 7.26. The van der Waals surface area contributed by atoms with E-state index in [-0.39, 0.29) is 0 Å². The Bertz CT molecular complexity index is 396. The zero-order valence-electron chi connectivity index (χ0n) is 11.5. The van der Waals surface area contributed by atoms with Crippen molar-refractivity contribution in [1.29, 1.82) is 0 Å². The Labute approximate surface area is 114 Å². The second-order valence-corrected chi connectivity index (χ2v) is 5.85. The number of piperazine rings is 1. The third-order valence-electron chi connectivity index (χ3n) is 4.40. The van der Waals surface area contributed by atoms with Gasteiger partial charge in [-0.1, -0.05) is 0 Å². The Kier molecular flexibility index (Phi) is 3.66. The number of aromatic nitrogens is 2. The van der Waals surface area contributed by atoms with Gasteiger partial charge >= 0.3 is 0 Å². The standard InChI is InChI=1S/C14H23N5/c15-5-4-14(2-3-14)12-18-8-10-19(11-9-18)13-16-6-1-7-17-13/h1,6-7H,2-5,8-12,15H2. The number of hydrogen-bond donors (Lipinski definition) is 1. The Hall–Kier alpha value is -1.20. The van der Waals surface area contributed by atoms with Crippen molar-refractivity contribution in [1.82, 2.24) is 14.9 Å². The van der Waals surface area contributed by atoms with E-state index in [4.69, 9.17) is 5.73 Å². The first kappa shape index (κ1) is 12.8. The Morgan fingerprint density at radius 2 is 1.79 bits per heavy atom. The summed E-state index contributed by atoms with van der Waals surface area (Å²) in [6.45, 7) is 6.35. The van der Waals surface area contributed by atoms with Crippen molar-refractivity contribution in [3.8, 4) is 0 Å². The minimum atomic E-state index is 0.556. The van der Waals surface area contributed by atoms with Gasteiger partial charge in [0.05, 0.1) is 0 Å². The summed E-state index contributed by atoms with van der Waals surface area (Å²) in [6, 6.07) is 1.86. The molecule has 0 bridgehead atoms. The third kappa shape index (κ3) is 3.04. The smallest absolute Gasteiger partial charge is 0.225 e. The van der Waals surface area contributed by atoms with Crippen LogP contribution in [-0.2, 0) is 0 Å². The molecule has 1 aliphatic carbocycles. The molecule has 0 spiro atoms. The van der Waals surface area contributed by atoms with E-state index in [1.165, 1.54) is 25.8 Å². The van der Waals surface area contributed by atoms with Gasteiger partial charge in [-0.25, -0.2) is 9.97 Å². The van der Waals surface area contributed by atoms with Crippen LogP contribution in [0.15, 0.2) is 18.5 Å². The molecule has 2 N–H and O–H groups in total. The summed E-state index contributed by atoms with van der Waals surface area (Å²) in [5.74, 6) is 0.866. The van der Waals surface area contributed by atoms with Crippen molar-refractivity contribution >= 4 is 5.95 Å². The molecule has 0 amide bonds. The highest BCUT2D eigenvalue weighted by Crippen LogP contribution is 2.49. The van der Waals surface area contributed by atoms with Crippen LogP contribution in [0.25, 0.3) is 0 Å². The highest BCUT2D eigenvalue weighted by molar-refractivity contribution is 5.29. The highest BCUT2D eigenvalue weighted by Gasteiger charge is 2.43. The lowest BCUT2D eigenvalue weighted by Gasteiger charge is -2.36. The Morgan fingerprint density at radius 3 is 2.37 bits per heavy atom. The molecule has 0 aromatic carbocycles. The average Bonchev–Trinajstić information content (AvgIpc) is 3.20. The zero-order chi connectivity index (χ0) is 13.1. The lowest BCUT2D eigenvalue weighted by atomic mass is 10.0. The maximum Gasteiger partial charge on any atom is 0.225 e. The maximum atomic E-state index is 5.71. The number of anilines is 1. The molecule has 1 aromatic heterocycles. The van der Waals surface area contributed by atoms with Gasteiger partial charge in [0.2, 0.25) is 5.95 Å². The van der Waals surface area contributed by atoms with Gasteiger partial charge in [0, 0.05) is 45.1 Å². The van der Waals surface area contributed by atoms with Gasteiger partial charge in [0.15, 0.2) is 0 Å². The summed E-state index contributed by atoms with van der Waals surface area (Å²) in [5.41, 5.74) is 6.27. The topological polar surface area (TPSA) is 58.3 Å². The lowest BCUT2D eigenvalue weighted by molar-refractivity contribution is 0.202. The fraction of sp³-hybridized carbons (Fsp3) is 0.714. The number of rotatable bonds is 5. The van der Waals surface area contributed by atoms with Crippen LogP contribution in [0, 0.1) is 5.41 Å². The molecule has 3 rings (SSSR count). The molecule has 2 aliphatic rings. The number of nitrogens with two attached hydrogens (primary N) is 1. The summed E-state index contributed by atoms with van der Waals surface area (Å²) in [5, 5.41) is 0. The van der Waals surface area contributed by atoms with Gasteiger partial charge in [0.25, 0.3) is 0 Å². The monoisotopic (exact) mass is 261 g/mol. The third-order valence-corrected chi connectivity index (χ3v) is 4.40. The Balaban J connectivity index is 1.50. The summed E-state index contributed by atoms with van der Waals surface area (Å²) in [6.07, 6.45) is 7.55. The van der Waals surface area contributed by atoms with Crippen molar-refractivity contribution in [3.05, 3.63) is 18.5 Å². The Morgan fingerprint density at radius 1 is 1.11 bits per heavy atom. The van der Waals surface area contributed by atoms with Crippen molar-refractivity contribution in [2.45, 2.75) is 19.3 Å². The molecule has 1 saturated heterocycles. The molecule has 0 atom stereocenters. The molecule has 1 aliphatic heterocycles. The molecule has 1 aromatic rings. The van der Waals surface area contributed by atoms with Crippen LogP contribution < -0.4 is 10.6 Å². The second kappa shape index (κ2) is 5.43. The SMILES string of the molecule is NCCC1(CN2CCN(c3ncccn3)CC2)CC1. The number of hydrogen-bond acceptors (Lipinski definition) is 5. The maximum absolute atomic E-state index is 5.71. The van der Waals surface area contributed by atoms with Crippen LogP contribution in [0.1, 0.15) is 19.3 Å². The fourth-order valence-corrected chi connectivity index (χ4v) is 3.00. The van der Waals surface area contributed by atoms with Gasteiger partial charge in [0.1, 0.15) is 0 Å². The van der Waals surface area contributed by atoms with E-state index in [0.29, 0.717) is 5.41 Å². The molecule has 0 unspecified atom stereocenters. The first-order valence-corrected chi connectivity index (χ1v) is 7.26. The average molecular weight is 261 g/mol. The van der Waals surface area contributed by atoms with Crippen LogP contribution in [0.2, 0.25) is 0 Å². The molecule has 5 nitrogen and oxygen atoms in total. The van der Waals surface area contributed by atoms with Crippen molar-refractivity contribution in [3.63, 3.8) is 0 Å². The number of nitrogens with zero attached hydrogens (tertiary/aromatic N) is 4. The van der Waals surface area contributed by atoms with Crippen molar-refractivity contribution in [2.75, 3.05) is 44.2 Å². The largest absolute Gasteiger partial charge is 0.338 e. The van der Waals surface area contributed by atoms with E-state index < -0.39 is 0 Å². The summed E-state index contributed by atoms with van der Waals surface area (Å²) in [4.78, 5) is 13.5. The molecule has 2 heterocycles. The minimum Gasteiger partial charge on any atom is -0.338 e. The molecule has 104 valence electrons. The predicted octanol–water partition coefficient (Wildman–Crippen LogP) is 0.728. The molecular weight excluding hydrogens is 238 g/mol. The van der Waals surface area contributed by atoms with Gasteiger partial charge in [-0.15, -0.1) is 0 Å². The van der Waals surface area contributed by atoms with Gasteiger partial charge < -0.3 is 10.6 Å². The first-order chi connectivity index (χ1) is 9.31. The normalized spacial score (nSPS) is 22.5. The van der Waals surface area contributed by atoms with E-state index in [9.17, 15) is 0 Å².